The van der Waals surface area contributed by atoms with Crippen LogP contribution in [0.4, 0.5) is 0 Å². The second-order valence-electron chi connectivity index (χ2n) is 3.27. The Bertz CT molecular complexity index is 511. The number of pyridine rings is 1. The van der Waals surface area contributed by atoms with Crippen LogP contribution in [0.15, 0.2) is 35.3 Å². The van der Waals surface area contributed by atoms with Crippen molar-refractivity contribution in [1.29, 1.82) is 0 Å². The first kappa shape index (κ1) is 11.5. The number of hydrogen-bond acceptors (Lipinski definition) is 1. The predicted octanol–water partition coefficient (Wildman–Crippen LogP) is 2.87. The smallest absolute Gasteiger partial charge is 0.258 e. The number of aryl methyl sites for hydroxylation is 2. The van der Waals surface area contributed by atoms with Gasteiger partial charge in [0.05, 0.1) is 5.39 Å². The highest BCUT2D eigenvalue weighted by Gasteiger charge is 2.01. The molecule has 0 N–H and O–H groups in total. The third-order valence-corrected chi connectivity index (χ3v) is 2.32. The molecule has 2 aromatic rings. The largest absolute Gasteiger partial charge is 0.318 e. The molecule has 0 fully saturated rings. The zero-order chi connectivity index (χ0) is 11.4. The van der Waals surface area contributed by atoms with Crippen molar-refractivity contribution in [1.82, 2.24) is 4.57 Å². The molecule has 0 unspecified atom stereocenters. The van der Waals surface area contributed by atoms with Crippen LogP contribution in [-0.2, 0) is 7.05 Å². The van der Waals surface area contributed by atoms with Crippen LogP contribution in [0.5, 0.6) is 0 Å². The average molecular weight is 203 g/mol. The highest BCUT2D eigenvalue weighted by molar-refractivity contribution is 5.84. The van der Waals surface area contributed by atoms with Gasteiger partial charge in [0.2, 0.25) is 0 Å². The summed E-state index contributed by atoms with van der Waals surface area (Å²) in [6, 6.07) is 7.86. The van der Waals surface area contributed by atoms with Gasteiger partial charge in [-0.15, -0.1) is 0 Å². The topological polar surface area (TPSA) is 22.0 Å². The van der Waals surface area contributed by atoms with Crippen molar-refractivity contribution in [3.63, 3.8) is 0 Å². The van der Waals surface area contributed by atoms with Gasteiger partial charge in [0.15, 0.2) is 0 Å². The molecule has 1 aromatic heterocycles. The van der Waals surface area contributed by atoms with E-state index in [4.69, 9.17) is 0 Å². The van der Waals surface area contributed by atoms with Crippen LogP contribution in [0, 0.1) is 6.92 Å². The summed E-state index contributed by atoms with van der Waals surface area (Å²) < 4.78 is 1.61. The molecule has 0 atom stereocenters. The Morgan fingerprint density at radius 3 is 2.47 bits per heavy atom. The summed E-state index contributed by atoms with van der Waals surface area (Å²) in [5.74, 6) is 0. The third kappa shape index (κ3) is 2.09. The molecule has 0 bridgehead atoms. The second-order valence-corrected chi connectivity index (χ2v) is 3.27. The quantitative estimate of drug-likeness (QED) is 0.645. The van der Waals surface area contributed by atoms with Crippen LogP contribution in [0.3, 0.4) is 0 Å². The summed E-state index contributed by atoms with van der Waals surface area (Å²) in [6.07, 6.45) is 1.80. The monoisotopic (exact) mass is 203 g/mol. The lowest BCUT2D eigenvalue weighted by atomic mass is 10.1. The minimum atomic E-state index is 0.0793. The van der Waals surface area contributed by atoms with E-state index in [-0.39, 0.29) is 5.56 Å². The average Bonchev–Trinajstić information content (AvgIpc) is 2.26. The number of rotatable bonds is 0. The fraction of sp³-hybridized carbons (Fsp3) is 0.308. The van der Waals surface area contributed by atoms with Gasteiger partial charge in [-0.05, 0) is 23.9 Å². The molecule has 0 aliphatic heterocycles. The minimum absolute atomic E-state index is 0.0793. The molecule has 1 aromatic carbocycles. The summed E-state index contributed by atoms with van der Waals surface area (Å²) in [5, 5.41) is 1.84. The summed E-state index contributed by atoms with van der Waals surface area (Å²) >= 11 is 0. The maximum atomic E-state index is 11.7. The van der Waals surface area contributed by atoms with Crippen LogP contribution in [0.25, 0.3) is 10.8 Å². The molecular formula is C13H17NO. The summed E-state index contributed by atoms with van der Waals surface area (Å²) in [4.78, 5) is 11.7. The molecule has 0 aliphatic carbocycles. The standard InChI is InChI=1S/C11H11NO.C2H6/c1-8-4-3-5-9-6-7-12(2)11(13)10(8)9;1-2/h3-7H,1-2H3;1-2H3. The van der Waals surface area contributed by atoms with E-state index in [1.807, 2.05) is 45.0 Å². The molecule has 0 spiro atoms. The lowest BCUT2D eigenvalue weighted by molar-refractivity contribution is 0.872. The van der Waals surface area contributed by atoms with Crippen molar-refractivity contribution in [2.75, 3.05) is 0 Å². The van der Waals surface area contributed by atoms with E-state index in [0.717, 1.165) is 16.3 Å². The van der Waals surface area contributed by atoms with Gasteiger partial charge < -0.3 is 4.57 Å². The molecule has 2 rings (SSSR count). The third-order valence-electron chi connectivity index (χ3n) is 2.32. The highest BCUT2D eigenvalue weighted by atomic mass is 16.1. The maximum Gasteiger partial charge on any atom is 0.258 e. The van der Waals surface area contributed by atoms with Crippen molar-refractivity contribution >= 4 is 10.8 Å². The van der Waals surface area contributed by atoms with E-state index < -0.39 is 0 Å². The molecule has 0 radical (unpaired) electrons. The van der Waals surface area contributed by atoms with E-state index in [2.05, 4.69) is 0 Å². The molecule has 2 heteroatoms. The highest BCUT2D eigenvalue weighted by Crippen LogP contribution is 2.12. The molecule has 0 amide bonds. The molecule has 2 nitrogen and oxygen atoms in total. The predicted molar refractivity (Wildman–Crippen MR) is 65.3 cm³/mol. The molecule has 0 aliphatic rings. The van der Waals surface area contributed by atoms with Gasteiger partial charge in [-0.25, -0.2) is 0 Å². The number of hydrogen-bond donors (Lipinski definition) is 0. The molecule has 0 saturated carbocycles. The lowest BCUT2D eigenvalue weighted by Gasteiger charge is -2.02. The van der Waals surface area contributed by atoms with Crippen molar-refractivity contribution in [2.24, 2.45) is 7.05 Å². The van der Waals surface area contributed by atoms with E-state index in [9.17, 15) is 4.79 Å². The van der Waals surface area contributed by atoms with E-state index in [0.29, 0.717) is 0 Å². The Hall–Kier alpha value is -1.57. The second kappa shape index (κ2) is 4.78. The Balaban J connectivity index is 0.000000531. The Kier molecular flexibility index (Phi) is 3.67. The number of benzene rings is 1. The normalized spacial score (nSPS) is 9.60. The van der Waals surface area contributed by atoms with Gasteiger partial charge >= 0.3 is 0 Å². The Labute approximate surface area is 90.2 Å². The minimum Gasteiger partial charge on any atom is -0.318 e. The van der Waals surface area contributed by atoms with Crippen LogP contribution in [0.2, 0.25) is 0 Å². The first-order valence-corrected chi connectivity index (χ1v) is 5.25. The summed E-state index contributed by atoms with van der Waals surface area (Å²) in [6.45, 7) is 5.96. The molecule has 80 valence electrons. The zero-order valence-electron chi connectivity index (χ0n) is 9.74. The van der Waals surface area contributed by atoms with Gasteiger partial charge in [-0.1, -0.05) is 32.0 Å². The van der Waals surface area contributed by atoms with Crippen molar-refractivity contribution < 1.29 is 0 Å². The SMILES string of the molecule is CC.Cc1cccc2ccn(C)c(=O)c12. The first-order chi connectivity index (χ1) is 7.20. The van der Waals surface area contributed by atoms with Gasteiger partial charge in [-0.2, -0.15) is 0 Å². The van der Waals surface area contributed by atoms with Crippen LogP contribution >= 0.6 is 0 Å². The fourth-order valence-electron chi connectivity index (χ4n) is 1.56. The number of aromatic nitrogens is 1. The van der Waals surface area contributed by atoms with Crippen LogP contribution in [-0.4, -0.2) is 4.57 Å². The number of nitrogens with zero attached hydrogens (tertiary/aromatic N) is 1. The lowest BCUT2D eigenvalue weighted by Crippen LogP contribution is -2.16. The van der Waals surface area contributed by atoms with Crippen LogP contribution < -0.4 is 5.56 Å². The van der Waals surface area contributed by atoms with E-state index in [1.54, 1.807) is 17.8 Å². The van der Waals surface area contributed by atoms with Gasteiger partial charge in [0, 0.05) is 13.2 Å². The van der Waals surface area contributed by atoms with E-state index in [1.165, 1.54) is 0 Å². The molecule has 15 heavy (non-hydrogen) atoms. The molecular weight excluding hydrogens is 186 g/mol. The Morgan fingerprint density at radius 2 is 1.80 bits per heavy atom. The van der Waals surface area contributed by atoms with Crippen LogP contribution in [0.1, 0.15) is 19.4 Å². The van der Waals surface area contributed by atoms with Gasteiger partial charge in [0.25, 0.3) is 5.56 Å². The van der Waals surface area contributed by atoms with Crippen molar-refractivity contribution in [2.45, 2.75) is 20.8 Å². The molecule has 0 saturated heterocycles. The van der Waals surface area contributed by atoms with E-state index >= 15 is 0 Å². The number of fused-ring (bicyclic) bond motifs is 1. The fourth-order valence-corrected chi connectivity index (χ4v) is 1.56. The Morgan fingerprint density at radius 1 is 1.13 bits per heavy atom. The summed E-state index contributed by atoms with van der Waals surface area (Å²) in [7, 11) is 1.77. The zero-order valence-corrected chi connectivity index (χ0v) is 9.74. The van der Waals surface area contributed by atoms with Crippen molar-refractivity contribution in [3.05, 3.63) is 46.4 Å². The first-order valence-electron chi connectivity index (χ1n) is 5.25. The maximum absolute atomic E-state index is 11.7. The summed E-state index contributed by atoms with van der Waals surface area (Å²) in [5.41, 5.74) is 1.12. The molecule has 1 heterocycles. The van der Waals surface area contributed by atoms with Gasteiger partial charge in [0.1, 0.15) is 0 Å². The van der Waals surface area contributed by atoms with Gasteiger partial charge in [-0.3, -0.25) is 4.79 Å². The van der Waals surface area contributed by atoms with Crippen molar-refractivity contribution in [3.8, 4) is 0 Å².